The third-order valence-electron chi connectivity index (χ3n) is 6.22. The highest BCUT2D eigenvalue weighted by Crippen LogP contribution is 2.44. The fourth-order valence-corrected chi connectivity index (χ4v) is 4.42. The van der Waals surface area contributed by atoms with Crippen molar-refractivity contribution in [3.63, 3.8) is 0 Å². The van der Waals surface area contributed by atoms with E-state index in [1.54, 1.807) is 4.68 Å². The summed E-state index contributed by atoms with van der Waals surface area (Å²) < 4.78 is 7.46. The van der Waals surface area contributed by atoms with E-state index in [4.69, 9.17) is 10.5 Å². The number of hydrogen-bond acceptors (Lipinski definition) is 5. The number of benzene rings is 2. The molecule has 1 heterocycles. The molecule has 1 fully saturated rings. The number of carbonyl (C=O) groups excluding carboxylic acids is 1. The quantitative estimate of drug-likeness (QED) is 0.679. The SMILES string of the molecule is CC(N)c1cn(C2CCC2NC(=O)OCC2c3ccccc3-c3ccccc32)nn1. The molecule has 1 aromatic heterocycles. The fraction of sp³-hybridized carbons (Fsp3) is 0.348. The molecule has 2 aromatic carbocycles. The molecule has 0 saturated heterocycles. The van der Waals surface area contributed by atoms with Gasteiger partial charge in [0.25, 0.3) is 0 Å². The van der Waals surface area contributed by atoms with Gasteiger partial charge in [0.1, 0.15) is 6.61 Å². The van der Waals surface area contributed by atoms with Crippen LogP contribution in [0, 0.1) is 0 Å². The van der Waals surface area contributed by atoms with Gasteiger partial charge in [-0.2, -0.15) is 0 Å². The van der Waals surface area contributed by atoms with E-state index in [0.29, 0.717) is 6.61 Å². The number of nitrogens with one attached hydrogen (secondary N) is 1. The summed E-state index contributed by atoms with van der Waals surface area (Å²) in [5.41, 5.74) is 11.5. The van der Waals surface area contributed by atoms with Crippen molar-refractivity contribution in [2.24, 2.45) is 5.73 Å². The van der Waals surface area contributed by atoms with Crippen molar-refractivity contribution in [1.82, 2.24) is 20.3 Å². The smallest absolute Gasteiger partial charge is 0.407 e. The number of alkyl carbamates (subject to hydrolysis) is 1. The van der Waals surface area contributed by atoms with Gasteiger partial charge in [0.2, 0.25) is 0 Å². The third-order valence-corrected chi connectivity index (χ3v) is 6.22. The first-order chi connectivity index (χ1) is 14.6. The Morgan fingerprint density at radius 2 is 1.83 bits per heavy atom. The Morgan fingerprint density at radius 1 is 1.17 bits per heavy atom. The monoisotopic (exact) mass is 403 g/mol. The van der Waals surface area contributed by atoms with Gasteiger partial charge in [0.05, 0.1) is 24.0 Å². The molecule has 7 nitrogen and oxygen atoms in total. The van der Waals surface area contributed by atoms with Gasteiger partial charge >= 0.3 is 6.09 Å². The van der Waals surface area contributed by atoms with E-state index < -0.39 is 0 Å². The number of amides is 1. The minimum atomic E-state index is -0.390. The third kappa shape index (κ3) is 3.25. The van der Waals surface area contributed by atoms with Crippen LogP contribution < -0.4 is 11.1 Å². The summed E-state index contributed by atoms with van der Waals surface area (Å²) in [7, 11) is 0. The van der Waals surface area contributed by atoms with Gasteiger partial charge in [-0.3, -0.25) is 0 Å². The molecule has 0 bridgehead atoms. The number of ether oxygens (including phenoxy) is 1. The standard InChI is InChI=1S/C23H25N5O2/c1-14(24)21-12-28(27-26-21)22-11-10-20(22)25-23(29)30-13-19-17-8-4-2-6-15(17)16-7-3-5-9-18(16)19/h2-9,12,14,19-20,22H,10-11,13,24H2,1H3,(H,25,29). The molecule has 2 aliphatic rings. The Labute approximate surface area is 175 Å². The lowest BCUT2D eigenvalue weighted by atomic mass is 9.86. The molecular formula is C23H25N5O2. The Kier molecular flexibility index (Phi) is 4.75. The van der Waals surface area contributed by atoms with Crippen molar-refractivity contribution in [3.05, 3.63) is 71.5 Å². The molecule has 1 amide bonds. The molecule has 3 N–H and O–H groups in total. The van der Waals surface area contributed by atoms with Crippen molar-refractivity contribution in [3.8, 4) is 11.1 Å². The number of rotatable bonds is 5. The average molecular weight is 403 g/mol. The highest BCUT2D eigenvalue weighted by Gasteiger charge is 2.35. The highest BCUT2D eigenvalue weighted by atomic mass is 16.5. The molecular weight excluding hydrogens is 378 g/mol. The largest absolute Gasteiger partial charge is 0.449 e. The first-order valence-electron chi connectivity index (χ1n) is 10.4. The van der Waals surface area contributed by atoms with Crippen LogP contribution in [-0.2, 0) is 4.74 Å². The maximum atomic E-state index is 12.5. The molecule has 7 heteroatoms. The van der Waals surface area contributed by atoms with Crippen molar-refractivity contribution >= 4 is 6.09 Å². The fourth-order valence-electron chi connectivity index (χ4n) is 4.42. The number of nitrogens with two attached hydrogens (primary N) is 1. The summed E-state index contributed by atoms with van der Waals surface area (Å²) in [6.07, 6.45) is 3.30. The minimum Gasteiger partial charge on any atom is -0.449 e. The van der Waals surface area contributed by atoms with Crippen LogP contribution in [0.15, 0.2) is 54.7 Å². The summed E-state index contributed by atoms with van der Waals surface area (Å²) in [6.45, 7) is 2.19. The molecule has 0 spiro atoms. The van der Waals surface area contributed by atoms with Crippen LogP contribution in [-0.4, -0.2) is 33.7 Å². The zero-order chi connectivity index (χ0) is 20.7. The number of nitrogens with zero attached hydrogens (tertiary/aromatic N) is 3. The lowest BCUT2D eigenvalue weighted by Crippen LogP contribution is -2.48. The van der Waals surface area contributed by atoms with Crippen LogP contribution in [0.2, 0.25) is 0 Å². The molecule has 3 unspecified atom stereocenters. The number of fused-ring (bicyclic) bond motifs is 3. The Bertz CT molecular complexity index is 1030. The highest BCUT2D eigenvalue weighted by molar-refractivity contribution is 5.79. The predicted molar refractivity (Wildman–Crippen MR) is 113 cm³/mol. The lowest BCUT2D eigenvalue weighted by Gasteiger charge is -2.36. The maximum absolute atomic E-state index is 12.5. The molecule has 30 heavy (non-hydrogen) atoms. The van der Waals surface area contributed by atoms with E-state index in [-0.39, 0.29) is 30.1 Å². The Balaban J connectivity index is 1.23. The average Bonchev–Trinajstić information content (AvgIpc) is 3.33. The van der Waals surface area contributed by atoms with Crippen LogP contribution in [0.4, 0.5) is 4.79 Å². The van der Waals surface area contributed by atoms with Crippen LogP contribution in [0.25, 0.3) is 11.1 Å². The Hall–Kier alpha value is -3.19. The van der Waals surface area contributed by atoms with Crippen LogP contribution >= 0.6 is 0 Å². The molecule has 5 rings (SSSR count). The summed E-state index contributed by atoms with van der Waals surface area (Å²) in [6, 6.07) is 16.6. The second kappa shape index (κ2) is 7.57. The topological polar surface area (TPSA) is 95.1 Å². The summed E-state index contributed by atoms with van der Waals surface area (Å²) >= 11 is 0. The summed E-state index contributed by atoms with van der Waals surface area (Å²) in [5.74, 6) is 0.0595. The van der Waals surface area contributed by atoms with Gasteiger partial charge in [-0.05, 0) is 42.0 Å². The van der Waals surface area contributed by atoms with E-state index in [0.717, 1.165) is 18.5 Å². The van der Waals surface area contributed by atoms with Crippen LogP contribution in [0.3, 0.4) is 0 Å². The number of hydrogen-bond donors (Lipinski definition) is 2. The van der Waals surface area contributed by atoms with Crippen LogP contribution in [0.5, 0.6) is 0 Å². The second-order valence-electron chi connectivity index (χ2n) is 8.13. The maximum Gasteiger partial charge on any atom is 0.407 e. The zero-order valence-corrected chi connectivity index (χ0v) is 16.9. The van der Waals surface area contributed by atoms with E-state index in [2.05, 4.69) is 39.9 Å². The van der Waals surface area contributed by atoms with Gasteiger partial charge in [0, 0.05) is 12.0 Å². The number of aromatic nitrogens is 3. The van der Waals surface area contributed by atoms with Gasteiger partial charge in [0.15, 0.2) is 0 Å². The zero-order valence-electron chi connectivity index (χ0n) is 16.9. The van der Waals surface area contributed by atoms with Crippen molar-refractivity contribution in [2.75, 3.05) is 6.61 Å². The molecule has 0 radical (unpaired) electrons. The predicted octanol–water partition coefficient (Wildman–Crippen LogP) is 3.54. The molecule has 0 aliphatic heterocycles. The van der Waals surface area contributed by atoms with E-state index in [9.17, 15) is 4.79 Å². The minimum absolute atomic E-state index is 0.0109. The molecule has 154 valence electrons. The molecule has 2 aliphatic carbocycles. The first kappa shape index (κ1) is 18.8. The van der Waals surface area contributed by atoms with Gasteiger partial charge < -0.3 is 15.8 Å². The first-order valence-corrected chi connectivity index (χ1v) is 10.4. The van der Waals surface area contributed by atoms with Crippen molar-refractivity contribution in [2.45, 2.75) is 43.8 Å². The summed E-state index contributed by atoms with van der Waals surface area (Å²) in [4.78, 5) is 12.5. The van der Waals surface area contributed by atoms with E-state index in [1.165, 1.54) is 22.3 Å². The molecule has 3 atom stereocenters. The lowest BCUT2D eigenvalue weighted by molar-refractivity contribution is 0.119. The van der Waals surface area contributed by atoms with Crippen molar-refractivity contribution < 1.29 is 9.53 Å². The van der Waals surface area contributed by atoms with E-state index in [1.807, 2.05) is 37.4 Å². The molecule has 3 aromatic rings. The van der Waals surface area contributed by atoms with Gasteiger partial charge in [-0.1, -0.05) is 53.7 Å². The summed E-state index contributed by atoms with van der Waals surface area (Å²) in [5, 5.41) is 11.3. The van der Waals surface area contributed by atoms with E-state index >= 15 is 0 Å². The second-order valence-corrected chi connectivity index (χ2v) is 8.13. The van der Waals surface area contributed by atoms with Crippen LogP contribution in [0.1, 0.15) is 54.6 Å². The van der Waals surface area contributed by atoms with Crippen molar-refractivity contribution in [1.29, 1.82) is 0 Å². The molecule has 1 saturated carbocycles. The van der Waals surface area contributed by atoms with Gasteiger partial charge in [-0.15, -0.1) is 5.10 Å². The number of carbonyl (C=O) groups is 1. The Morgan fingerprint density at radius 3 is 2.40 bits per heavy atom. The van der Waals surface area contributed by atoms with Gasteiger partial charge in [-0.25, -0.2) is 9.48 Å². The normalized spacial score (nSPS) is 20.7.